The molecule has 2 fully saturated rings. The van der Waals surface area contributed by atoms with E-state index in [-0.39, 0.29) is 11.5 Å². The third-order valence-electron chi connectivity index (χ3n) is 2.79. The third kappa shape index (κ3) is 0.615. The van der Waals surface area contributed by atoms with Gasteiger partial charge in [-0.05, 0) is 25.7 Å². The molecule has 10 heavy (non-hydrogen) atoms. The summed E-state index contributed by atoms with van der Waals surface area (Å²) in [6.07, 6.45) is 4.44. The van der Waals surface area contributed by atoms with Gasteiger partial charge < -0.3 is 4.74 Å². The largest absolute Gasteiger partial charge is 0.374 e. The molecule has 2 aliphatic rings. The lowest BCUT2D eigenvalue weighted by Gasteiger charge is -2.39. The van der Waals surface area contributed by atoms with E-state index in [2.05, 4.69) is 6.07 Å². The number of nitriles is 1. The first-order chi connectivity index (χ1) is 4.87. The molecule has 2 heteroatoms. The molecule has 0 radical (unpaired) electrons. The first-order valence-electron chi connectivity index (χ1n) is 3.91. The molecule has 1 saturated carbocycles. The molecule has 1 saturated heterocycles. The van der Waals surface area contributed by atoms with Crippen LogP contribution in [0.5, 0.6) is 0 Å². The Bertz CT molecular complexity index is 178. The number of ether oxygens (including phenoxy) is 1. The standard InChI is InChI=1S/C8H11NO/c9-6-7-2-5-10-8(7)3-1-4-8/h7H,1-5H2. The van der Waals surface area contributed by atoms with Gasteiger partial charge in [0.15, 0.2) is 0 Å². The Balaban J connectivity index is 2.14. The summed E-state index contributed by atoms with van der Waals surface area (Å²) >= 11 is 0. The highest BCUT2D eigenvalue weighted by molar-refractivity contribution is 5.07. The minimum absolute atomic E-state index is 0.0226. The van der Waals surface area contributed by atoms with E-state index in [0.717, 1.165) is 25.9 Å². The predicted molar refractivity (Wildman–Crippen MR) is 36.3 cm³/mol. The van der Waals surface area contributed by atoms with Crippen LogP contribution in [0, 0.1) is 17.2 Å². The molecule has 0 aromatic rings. The van der Waals surface area contributed by atoms with Gasteiger partial charge in [0.2, 0.25) is 0 Å². The summed E-state index contributed by atoms with van der Waals surface area (Å²) in [7, 11) is 0. The SMILES string of the molecule is N#CC1CCOC12CCC2. The zero-order valence-corrected chi connectivity index (χ0v) is 5.97. The van der Waals surface area contributed by atoms with Gasteiger partial charge in [-0.1, -0.05) is 0 Å². The van der Waals surface area contributed by atoms with Crippen LogP contribution < -0.4 is 0 Å². The van der Waals surface area contributed by atoms with E-state index in [1.807, 2.05) is 0 Å². The van der Waals surface area contributed by atoms with Crippen LogP contribution in [0.3, 0.4) is 0 Å². The minimum atomic E-state index is 0.0226. The molecule has 0 aromatic carbocycles. The molecule has 2 nitrogen and oxygen atoms in total. The average molecular weight is 137 g/mol. The maximum atomic E-state index is 8.74. The first-order valence-corrected chi connectivity index (χ1v) is 3.91. The van der Waals surface area contributed by atoms with Crippen molar-refractivity contribution in [2.45, 2.75) is 31.3 Å². The summed E-state index contributed by atoms with van der Waals surface area (Å²) in [5.41, 5.74) is 0.0226. The molecule has 0 N–H and O–H groups in total. The highest BCUT2D eigenvalue weighted by atomic mass is 16.5. The van der Waals surface area contributed by atoms with E-state index in [1.54, 1.807) is 0 Å². The molecule has 0 amide bonds. The smallest absolute Gasteiger partial charge is 0.0840 e. The van der Waals surface area contributed by atoms with E-state index >= 15 is 0 Å². The molecule has 0 aromatic heterocycles. The Morgan fingerprint density at radius 3 is 2.70 bits per heavy atom. The van der Waals surface area contributed by atoms with Crippen LogP contribution in [0.25, 0.3) is 0 Å². The van der Waals surface area contributed by atoms with Crippen LogP contribution >= 0.6 is 0 Å². The monoisotopic (exact) mass is 137 g/mol. The van der Waals surface area contributed by atoms with Gasteiger partial charge in [0.25, 0.3) is 0 Å². The Morgan fingerprint density at radius 1 is 1.50 bits per heavy atom. The second-order valence-electron chi connectivity index (χ2n) is 3.24. The van der Waals surface area contributed by atoms with Gasteiger partial charge in [-0.15, -0.1) is 0 Å². The maximum absolute atomic E-state index is 8.74. The van der Waals surface area contributed by atoms with Crippen molar-refractivity contribution in [1.82, 2.24) is 0 Å². The summed E-state index contributed by atoms with van der Waals surface area (Å²) in [5.74, 6) is 0.196. The van der Waals surface area contributed by atoms with Crippen LogP contribution in [-0.2, 0) is 4.74 Å². The van der Waals surface area contributed by atoms with Crippen molar-refractivity contribution >= 4 is 0 Å². The number of hydrogen-bond acceptors (Lipinski definition) is 2. The molecule has 1 unspecified atom stereocenters. The second kappa shape index (κ2) is 1.96. The predicted octanol–water partition coefficient (Wildman–Crippen LogP) is 1.47. The van der Waals surface area contributed by atoms with E-state index < -0.39 is 0 Å². The minimum Gasteiger partial charge on any atom is -0.374 e. The highest BCUT2D eigenvalue weighted by Gasteiger charge is 2.48. The van der Waals surface area contributed by atoms with Crippen molar-refractivity contribution in [1.29, 1.82) is 5.26 Å². The quantitative estimate of drug-likeness (QED) is 0.506. The Labute approximate surface area is 60.8 Å². The topological polar surface area (TPSA) is 33.0 Å². The van der Waals surface area contributed by atoms with Gasteiger partial charge in [-0.3, -0.25) is 0 Å². The molecule has 54 valence electrons. The lowest BCUT2D eigenvalue weighted by atomic mass is 9.72. The normalized spacial score (nSPS) is 35.3. The molecular weight excluding hydrogens is 126 g/mol. The van der Waals surface area contributed by atoms with Gasteiger partial charge >= 0.3 is 0 Å². The highest BCUT2D eigenvalue weighted by Crippen LogP contribution is 2.46. The molecule has 1 spiro atoms. The number of hydrogen-bond donors (Lipinski definition) is 0. The molecule has 1 atom stereocenters. The fourth-order valence-corrected chi connectivity index (χ4v) is 1.94. The molecule has 0 bridgehead atoms. The zero-order chi connectivity index (χ0) is 7.03. The summed E-state index contributed by atoms with van der Waals surface area (Å²) in [4.78, 5) is 0. The Kier molecular flexibility index (Phi) is 1.21. The van der Waals surface area contributed by atoms with E-state index in [4.69, 9.17) is 10.00 Å². The van der Waals surface area contributed by atoms with E-state index in [9.17, 15) is 0 Å². The first kappa shape index (κ1) is 6.18. The fourth-order valence-electron chi connectivity index (χ4n) is 1.94. The second-order valence-corrected chi connectivity index (χ2v) is 3.24. The Hall–Kier alpha value is -0.550. The van der Waals surface area contributed by atoms with Crippen LogP contribution in [0.4, 0.5) is 0 Å². The number of nitrogens with zero attached hydrogens (tertiary/aromatic N) is 1. The summed E-state index contributed by atoms with van der Waals surface area (Å²) in [6, 6.07) is 2.33. The summed E-state index contributed by atoms with van der Waals surface area (Å²) in [5, 5.41) is 8.74. The van der Waals surface area contributed by atoms with Gasteiger partial charge in [-0.2, -0.15) is 5.26 Å². The Morgan fingerprint density at radius 2 is 2.30 bits per heavy atom. The van der Waals surface area contributed by atoms with Gasteiger partial charge in [0.05, 0.1) is 17.6 Å². The molecule has 1 heterocycles. The lowest BCUT2D eigenvalue weighted by Crippen LogP contribution is -2.41. The average Bonchev–Trinajstić information content (AvgIpc) is 2.27. The van der Waals surface area contributed by atoms with Gasteiger partial charge in [-0.25, -0.2) is 0 Å². The van der Waals surface area contributed by atoms with Crippen molar-refractivity contribution in [3.05, 3.63) is 0 Å². The summed E-state index contributed by atoms with van der Waals surface area (Å²) < 4.78 is 5.56. The van der Waals surface area contributed by atoms with Crippen LogP contribution in [-0.4, -0.2) is 12.2 Å². The molecular formula is C8H11NO. The third-order valence-corrected chi connectivity index (χ3v) is 2.79. The maximum Gasteiger partial charge on any atom is 0.0840 e. The zero-order valence-electron chi connectivity index (χ0n) is 5.97. The van der Waals surface area contributed by atoms with Crippen LogP contribution in [0.2, 0.25) is 0 Å². The van der Waals surface area contributed by atoms with Crippen LogP contribution in [0.15, 0.2) is 0 Å². The van der Waals surface area contributed by atoms with Crippen molar-refractivity contribution < 1.29 is 4.74 Å². The van der Waals surface area contributed by atoms with Crippen molar-refractivity contribution in [3.8, 4) is 6.07 Å². The van der Waals surface area contributed by atoms with Gasteiger partial charge in [0, 0.05) is 6.61 Å². The number of rotatable bonds is 0. The van der Waals surface area contributed by atoms with Gasteiger partial charge in [0.1, 0.15) is 0 Å². The van der Waals surface area contributed by atoms with E-state index in [1.165, 1.54) is 6.42 Å². The summed E-state index contributed by atoms with van der Waals surface area (Å²) in [6.45, 7) is 0.804. The van der Waals surface area contributed by atoms with E-state index in [0.29, 0.717) is 0 Å². The molecule has 1 aliphatic carbocycles. The molecule has 2 rings (SSSR count). The van der Waals surface area contributed by atoms with Crippen molar-refractivity contribution in [3.63, 3.8) is 0 Å². The molecule has 1 aliphatic heterocycles. The van der Waals surface area contributed by atoms with Crippen molar-refractivity contribution in [2.24, 2.45) is 5.92 Å². The fraction of sp³-hybridized carbons (Fsp3) is 0.875. The van der Waals surface area contributed by atoms with Crippen molar-refractivity contribution in [2.75, 3.05) is 6.61 Å². The van der Waals surface area contributed by atoms with Crippen LogP contribution in [0.1, 0.15) is 25.7 Å². The lowest BCUT2D eigenvalue weighted by molar-refractivity contribution is -0.0710.